The van der Waals surface area contributed by atoms with E-state index in [4.69, 9.17) is 10.8 Å². The van der Waals surface area contributed by atoms with Gasteiger partial charge in [0.2, 0.25) is 0 Å². The Morgan fingerprint density at radius 2 is 2.11 bits per heavy atom. The number of nitro benzene ring substituents is 1. The van der Waals surface area contributed by atoms with Gasteiger partial charge in [0.1, 0.15) is 0 Å². The van der Waals surface area contributed by atoms with E-state index >= 15 is 0 Å². The molecule has 0 bridgehead atoms. The summed E-state index contributed by atoms with van der Waals surface area (Å²) in [6.07, 6.45) is 1.98. The molecule has 1 aromatic rings. The predicted molar refractivity (Wildman–Crippen MR) is 71.7 cm³/mol. The van der Waals surface area contributed by atoms with Crippen LogP contribution in [0.4, 0.5) is 17.1 Å². The van der Waals surface area contributed by atoms with Crippen LogP contribution in [0.5, 0.6) is 0 Å². The van der Waals surface area contributed by atoms with E-state index in [9.17, 15) is 10.1 Å². The number of hydrogen-bond donors (Lipinski definition) is 2. The molecule has 1 aromatic carbocycles. The molecule has 0 radical (unpaired) electrons. The number of anilines is 2. The van der Waals surface area contributed by atoms with Gasteiger partial charge in [0, 0.05) is 36.6 Å². The maximum atomic E-state index is 10.8. The number of aliphatic hydroxyl groups excluding tert-OH is 1. The van der Waals surface area contributed by atoms with Crippen molar-refractivity contribution in [2.45, 2.75) is 19.8 Å². The third-order valence-corrected chi connectivity index (χ3v) is 2.65. The van der Waals surface area contributed by atoms with E-state index in [0.29, 0.717) is 17.9 Å². The normalized spacial score (nSPS) is 10.3. The summed E-state index contributed by atoms with van der Waals surface area (Å²) in [5.41, 5.74) is 6.69. The number of aliphatic hydroxyl groups is 1. The summed E-state index contributed by atoms with van der Waals surface area (Å²) in [5, 5.41) is 19.8. The lowest BCUT2D eigenvalue weighted by molar-refractivity contribution is -0.384. The highest BCUT2D eigenvalue weighted by Crippen LogP contribution is 2.25. The fourth-order valence-corrected chi connectivity index (χ4v) is 1.75. The average molecular weight is 253 g/mol. The highest BCUT2D eigenvalue weighted by atomic mass is 16.6. The summed E-state index contributed by atoms with van der Waals surface area (Å²) in [4.78, 5) is 12.2. The van der Waals surface area contributed by atoms with Crippen molar-refractivity contribution in [3.8, 4) is 0 Å². The number of hydrogen-bond acceptors (Lipinski definition) is 5. The van der Waals surface area contributed by atoms with Crippen LogP contribution < -0.4 is 10.6 Å². The molecule has 0 aliphatic heterocycles. The minimum Gasteiger partial charge on any atom is -0.398 e. The Hall–Kier alpha value is -1.82. The second-order valence-electron chi connectivity index (χ2n) is 4.10. The summed E-state index contributed by atoms with van der Waals surface area (Å²) >= 11 is 0. The van der Waals surface area contributed by atoms with Crippen LogP contribution in [-0.4, -0.2) is 29.7 Å². The minimum absolute atomic E-state index is 0.00626. The van der Waals surface area contributed by atoms with Crippen LogP contribution in [0.1, 0.15) is 19.8 Å². The van der Waals surface area contributed by atoms with Crippen LogP contribution in [0.3, 0.4) is 0 Å². The molecule has 0 amide bonds. The van der Waals surface area contributed by atoms with Gasteiger partial charge in [-0.05, 0) is 12.5 Å². The molecular formula is C12H19N3O3. The number of nitro groups is 1. The van der Waals surface area contributed by atoms with Crippen LogP contribution in [-0.2, 0) is 0 Å². The fraction of sp³-hybridized carbons (Fsp3) is 0.500. The zero-order chi connectivity index (χ0) is 13.5. The molecule has 0 aliphatic rings. The number of non-ortho nitro benzene ring substituents is 1. The van der Waals surface area contributed by atoms with Crippen molar-refractivity contribution >= 4 is 17.1 Å². The Morgan fingerprint density at radius 3 is 2.67 bits per heavy atom. The van der Waals surface area contributed by atoms with E-state index in [1.54, 1.807) is 6.07 Å². The molecule has 100 valence electrons. The molecule has 3 N–H and O–H groups in total. The van der Waals surface area contributed by atoms with Crippen molar-refractivity contribution in [1.82, 2.24) is 0 Å². The van der Waals surface area contributed by atoms with Gasteiger partial charge in [0.05, 0.1) is 11.5 Å². The highest BCUT2D eigenvalue weighted by molar-refractivity contribution is 5.62. The van der Waals surface area contributed by atoms with Gasteiger partial charge in [0.25, 0.3) is 5.69 Å². The first-order chi connectivity index (χ1) is 8.58. The van der Waals surface area contributed by atoms with E-state index in [2.05, 4.69) is 6.92 Å². The summed E-state index contributed by atoms with van der Waals surface area (Å²) in [6.45, 7) is 3.27. The van der Waals surface area contributed by atoms with Crippen molar-refractivity contribution in [1.29, 1.82) is 0 Å². The molecule has 0 heterocycles. The summed E-state index contributed by atoms with van der Waals surface area (Å²) in [6, 6.07) is 4.51. The lowest BCUT2D eigenvalue weighted by Gasteiger charge is -2.23. The second-order valence-corrected chi connectivity index (χ2v) is 4.10. The van der Waals surface area contributed by atoms with Gasteiger partial charge >= 0.3 is 0 Å². The van der Waals surface area contributed by atoms with Crippen molar-refractivity contribution in [2.24, 2.45) is 0 Å². The second kappa shape index (κ2) is 6.80. The number of nitrogens with two attached hydrogens (primary N) is 1. The first-order valence-corrected chi connectivity index (χ1v) is 5.99. The zero-order valence-electron chi connectivity index (χ0n) is 10.5. The van der Waals surface area contributed by atoms with E-state index < -0.39 is 4.92 Å². The topological polar surface area (TPSA) is 92.6 Å². The molecule has 0 spiro atoms. The number of nitrogen functional groups attached to an aromatic ring is 1. The molecule has 0 saturated heterocycles. The van der Waals surface area contributed by atoms with Gasteiger partial charge < -0.3 is 15.7 Å². The van der Waals surface area contributed by atoms with Gasteiger partial charge in [-0.15, -0.1) is 0 Å². The van der Waals surface area contributed by atoms with Crippen molar-refractivity contribution in [3.63, 3.8) is 0 Å². The molecule has 0 aliphatic carbocycles. The summed E-state index contributed by atoms with van der Waals surface area (Å²) in [7, 11) is 0. The van der Waals surface area contributed by atoms with Crippen molar-refractivity contribution in [2.75, 3.05) is 30.3 Å². The Bertz CT molecular complexity index is 410. The molecule has 0 fully saturated rings. The highest BCUT2D eigenvalue weighted by Gasteiger charge is 2.12. The average Bonchev–Trinajstić information content (AvgIpc) is 2.33. The zero-order valence-corrected chi connectivity index (χ0v) is 10.5. The van der Waals surface area contributed by atoms with Crippen LogP contribution in [0, 0.1) is 10.1 Å². The molecule has 6 nitrogen and oxygen atoms in total. The number of nitrogens with zero attached hydrogens (tertiary/aromatic N) is 2. The Balaban J connectivity index is 2.98. The standard InChI is InChI=1S/C12H19N3O3/c1-2-3-4-14(5-6-16)11-7-10(13)8-12(9-11)15(17)18/h7-9,16H,2-6,13H2,1H3. The lowest BCUT2D eigenvalue weighted by Crippen LogP contribution is -2.27. The molecular weight excluding hydrogens is 234 g/mol. The van der Waals surface area contributed by atoms with Gasteiger partial charge in [-0.2, -0.15) is 0 Å². The van der Waals surface area contributed by atoms with Gasteiger partial charge in [-0.3, -0.25) is 10.1 Å². The lowest BCUT2D eigenvalue weighted by atomic mass is 10.2. The molecule has 0 saturated carbocycles. The van der Waals surface area contributed by atoms with E-state index in [1.165, 1.54) is 12.1 Å². The maximum absolute atomic E-state index is 10.8. The number of rotatable bonds is 7. The maximum Gasteiger partial charge on any atom is 0.273 e. The minimum atomic E-state index is -0.462. The molecule has 0 aromatic heterocycles. The van der Waals surface area contributed by atoms with Gasteiger partial charge in [0.15, 0.2) is 0 Å². The molecule has 6 heteroatoms. The molecule has 18 heavy (non-hydrogen) atoms. The Morgan fingerprint density at radius 1 is 1.39 bits per heavy atom. The number of benzene rings is 1. The van der Waals surface area contributed by atoms with E-state index in [1.807, 2.05) is 4.90 Å². The fourth-order valence-electron chi connectivity index (χ4n) is 1.75. The Labute approximate surface area is 106 Å². The first-order valence-electron chi connectivity index (χ1n) is 5.99. The Kier molecular flexibility index (Phi) is 5.38. The SMILES string of the molecule is CCCCN(CCO)c1cc(N)cc([N+](=O)[O-])c1. The third kappa shape index (κ3) is 3.89. The molecule has 1 rings (SSSR count). The third-order valence-electron chi connectivity index (χ3n) is 2.65. The summed E-state index contributed by atoms with van der Waals surface area (Å²) in [5.74, 6) is 0. The van der Waals surface area contributed by atoms with E-state index in [0.717, 1.165) is 19.4 Å². The van der Waals surface area contributed by atoms with Gasteiger partial charge in [-0.1, -0.05) is 13.3 Å². The monoisotopic (exact) mass is 253 g/mol. The van der Waals surface area contributed by atoms with Crippen LogP contribution >= 0.6 is 0 Å². The van der Waals surface area contributed by atoms with Crippen LogP contribution in [0.25, 0.3) is 0 Å². The van der Waals surface area contributed by atoms with E-state index in [-0.39, 0.29) is 12.3 Å². The van der Waals surface area contributed by atoms with Crippen molar-refractivity contribution in [3.05, 3.63) is 28.3 Å². The number of unbranched alkanes of at least 4 members (excludes halogenated alkanes) is 1. The van der Waals surface area contributed by atoms with Crippen molar-refractivity contribution < 1.29 is 10.0 Å². The van der Waals surface area contributed by atoms with Gasteiger partial charge in [-0.25, -0.2) is 0 Å². The quantitative estimate of drug-likeness (QED) is 0.439. The smallest absolute Gasteiger partial charge is 0.273 e. The van der Waals surface area contributed by atoms with Crippen LogP contribution in [0.2, 0.25) is 0 Å². The largest absolute Gasteiger partial charge is 0.398 e. The first kappa shape index (κ1) is 14.2. The molecule has 0 unspecified atom stereocenters. The summed E-state index contributed by atoms with van der Waals surface area (Å²) < 4.78 is 0. The molecule has 0 atom stereocenters. The predicted octanol–water partition coefficient (Wildman–Crippen LogP) is 1.78. The van der Waals surface area contributed by atoms with Crippen LogP contribution in [0.15, 0.2) is 18.2 Å².